The predicted molar refractivity (Wildman–Crippen MR) is 57.3 cm³/mol. The van der Waals surface area contributed by atoms with Crippen LogP contribution in [0.4, 0.5) is 0 Å². The molecule has 0 spiro atoms. The molecule has 0 aromatic heterocycles. The summed E-state index contributed by atoms with van der Waals surface area (Å²) in [6.07, 6.45) is 4.82. The van der Waals surface area contributed by atoms with E-state index in [1.807, 2.05) is 0 Å². The highest BCUT2D eigenvalue weighted by Crippen LogP contribution is 2.42. The third-order valence-corrected chi connectivity index (χ3v) is 4.14. The van der Waals surface area contributed by atoms with Crippen LogP contribution >= 0.6 is 11.6 Å². The smallest absolute Gasteiger partial charge is 0.0471 e. The van der Waals surface area contributed by atoms with Crippen molar-refractivity contribution in [1.29, 1.82) is 0 Å². The topological polar surface area (TPSA) is 9.23 Å². The number of ether oxygens (including phenoxy) is 1. The minimum Gasteiger partial charge on any atom is -0.381 e. The van der Waals surface area contributed by atoms with Gasteiger partial charge in [0.15, 0.2) is 0 Å². The van der Waals surface area contributed by atoms with Crippen LogP contribution in [0.2, 0.25) is 0 Å². The molecule has 0 aliphatic carbocycles. The van der Waals surface area contributed by atoms with Crippen molar-refractivity contribution in [3.8, 4) is 0 Å². The van der Waals surface area contributed by atoms with Crippen molar-refractivity contribution >= 4 is 11.6 Å². The molecular formula is C11H21ClO. The van der Waals surface area contributed by atoms with Crippen LogP contribution in [0.5, 0.6) is 0 Å². The van der Waals surface area contributed by atoms with Gasteiger partial charge in [0.05, 0.1) is 0 Å². The van der Waals surface area contributed by atoms with E-state index in [4.69, 9.17) is 16.3 Å². The molecule has 13 heavy (non-hydrogen) atoms. The Bertz CT molecular complexity index is 137. The first-order valence-electron chi connectivity index (χ1n) is 5.42. The summed E-state index contributed by atoms with van der Waals surface area (Å²) >= 11 is 6.13. The second-order valence-electron chi connectivity index (χ2n) is 4.12. The molecule has 1 heterocycles. The summed E-state index contributed by atoms with van der Waals surface area (Å²) in [6.45, 7) is 6.36. The maximum absolute atomic E-state index is 6.13. The van der Waals surface area contributed by atoms with Crippen LogP contribution in [0.1, 0.15) is 39.5 Å². The zero-order valence-electron chi connectivity index (χ0n) is 8.81. The largest absolute Gasteiger partial charge is 0.381 e. The van der Waals surface area contributed by atoms with E-state index in [0.29, 0.717) is 5.41 Å². The lowest BCUT2D eigenvalue weighted by Crippen LogP contribution is -2.38. The van der Waals surface area contributed by atoms with Crippen molar-refractivity contribution < 1.29 is 4.74 Å². The standard InChI is InChI=1S/C11H21ClO/c1-3-10(4-2)11(9-12)5-7-13-8-6-11/h10H,3-9H2,1-2H3. The van der Waals surface area contributed by atoms with Crippen molar-refractivity contribution in [2.75, 3.05) is 19.1 Å². The SMILES string of the molecule is CCC(CC)C1(CCl)CCOCC1. The molecular weight excluding hydrogens is 184 g/mol. The average molecular weight is 205 g/mol. The van der Waals surface area contributed by atoms with Crippen molar-refractivity contribution in [3.63, 3.8) is 0 Å². The molecule has 1 fully saturated rings. The van der Waals surface area contributed by atoms with Crippen LogP contribution in [-0.2, 0) is 4.74 Å². The Morgan fingerprint density at radius 2 is 1.77 bits per heavy atom. The van der Waals surface area contributed by atoms with Gasteiger partial charge in [-0.25, -0.2) is 0 Å². The first-order valence-corrected chi connectivity index (χ1v) is 5.96. The molecule has 1 aliphatic rings. The van der Waals surface area contributed by atoms with Gasteiger partial charge in [0, 0.05) is 19.1 Å². The van der Waals surface area contributed by atoms with Gasteiger partial charge in [-0.2, -0.15) is 0 Å². The van der Waals surface area contributed by atoms with Gasteiger partial charge in [-0.05, 0) is 24.2 Å². The summed E-state index contributed by atoms with van der Waals surface area (Å²) in [4.78, 5) is 0. The van der Waals surface area contributed by atoms with Crippen LogP contribution in [0.3, 0.4) is 0 Å². The first-order chi connectivity index (χ1) is 6.29. The fraction of sp³-hybridized carbons (Fsp3) is 1.00. The summed E-state index contributed by atoms with van der Waals surface area (Å²) in [5.41, 5.74) is 0.378. The monoisotopic (exact) mass is 204 g/mol. The lowest BCUT2D eigenvalue weighted by Gasteiger charge is -2.41. The van der Waals surface area contributed by atoms with Crippen LogP contribution in [0.15, 0.2) is 0 Å². The van der Waals surface area contributed by atoms with E-state index in [0.717, 1.165) is 37.9 Å². The lowest BCUT2D eigenvalue weighted by atomic mass is 9.69. The fourth-order valence-corrected chi connectivity index (χ4v) is 3.07. The minimum atomic E-state index is 0.378. The van der Waals surface area contributed by atoms with Crippen LogP contribution in [0, 0.1) is 11.3 Å². The average Bonchev–Trinajstić information content (AvgIpc) is 2.21. The highest BCUT2D eigenvalue weighted by atomic mass is 35.5. The Morgan fingerprint density at radius 1 is 1.23 bits per heavy atom. The normalized spacial score (nSPS) is 22.2. The summed E-state index contributed by atoms with van der Waals surface area (Å²) in [6, 6.07) is 0. The first kappa shape index (κ1) is 11.3. The van der Waals surface area contributed by atoms with Crippen molar-refractivity contribution in [1.82, 2.24) is 0 Å². The Kier molecular flexibility index (Phi) is 4.54. The van der Waals surface area contributed by atoms with Gasteiger partial charge in [-0.1, -0.05) is 26.7 Å². The summed E-state index contributed by atoms with van der Waals surface area (Å²) < 4.78 is 5.41. The fourth-order valence-electron chi connectivity index (χ4n) is 2.58. The summed E-state index contributed by atoms with van der Waals surface area (Å²) in [5.74, 6) is 1.59. The molecule has 0 amide bonds. The van der Waals surface area contributed by atoms with Gasteiger partial charge >= 0.3 is 0 Å². The Balaban J connectivity index is 2.64. The number of alkyl halides is 1. The Labute approximate surface area is 86.8 Å². The number of halogens is 1. The van der Waals surface area contributed by atoms with E-state index in [1.165, 1.54) is 12.8 Å². The van der Waals surface area contributed by atoms with E-state index < -0.39 is 0 Å². The molecule has 0 N–H and O–H groups in total. The molecule has 0 radical (unpaired) electrons. The van der Waals surface area contributed by atoms with Gasteiger partial charge < -0.3 is 4.74 Å². The maximum atomic E-state index is 6.13. The third kappa shape index (κ3) is 2.38. The van der Waals surface area contributed by atoms with Gasteiger partial charge in [-0.15, -0.1) is 11.6 Å². The minimum absolute atomic E-state index is 0.378. The van der Waals surface area contributed by atoms with Gasteiger partial charge in [-0.3, -0.25) is 0 Å². The molecule has 0 atom stereocenters. The zero-order chi connectivity index (χ0) is 9.73. The number of hydrogen-bond donors (Lipinski definition) is 0. The molecule has 2 heteroatoms. The molecule has 0 unspecified atom stereocenters. The van der Waals surface area contributed by atoms with Crippen LogP contribution in [-0.4, -0.2) is 19.1 Å². The van der Waals surface area contributed by atoms with Crippen molar-refractivity contribution in [2.24, 2.45) is 11.3 Å². The lowest BCUT2D eigenvalue weighted by molar-refractivity contribution is -0.00780. The zero-order valence-corrected chi connectivity index (χ0v) is 9.57. The molecule has 1 nitrogen and oxygen atoms in total. The summed E-state index contributed by atoms with van der Waals surface area (Å²) in [7, 11) is 0. The molecule has 0 aromatic carbocycles. The number of hydrogen-bond acceptors (Lipinski definition) is 1. The van der Waals surface area contributed by atoms with Gasteiger partial charge in [0.1, 0.15) is 0 Å². The molecule has 0 bridgehead atoms. The van der Waals surface area contributed by atoms with Gasteiger partial charge in [0.25, 0.3) is 0 Å². The van der Waals surface area contributed by atoms with E-state index in [-0.39, 0.29) is 0 Å². The van der Waals surface area contributed by atoms with E-state index in [1.54, 1.807) is 0 Å². The highest BCUT2D eigenvalue weighted by Gasteiger charge is 2.37. The van der Waals surface area contributed by atoms with Crippen molar-refractivity contribution in [2.45, 2.75) is 39.5 Å². The molecule has 0 aromatic rings. The quantitative estimate of drug-likeness (QED) is 0.638. The summed E-state index contributed by atoms with van der Waals surface area (Å²) in [5, 5.41) is 0. The Hall–Kier alpha value is 0.250. The Morgan fingerprint density at radius 3 is 2.15 bits per heavy atom. The maximum Gasteiger partial charge on any atom is 0.0471 e. The molecule has 0 saturated carbocycles. The van der Waals surface area contributed by atoms with E-state index >= 15 is 0 Å². The third-order valence-electron chi connectivity index (χ3n) is 3.61. The predicted octanol–water partition coefficient (Wildman–Crippen LogP) is 3.46. The second-order valence-corrected chi connectivity index (χ2v) is 4.39. The van der Waals surface area contributed by atoms with Gasteiger partial charge in [0.2, 0.25) is 0 Å². The van der Waals surface area contributed by atoms with E-state index in [9.17, 15) is 0 Å². The highest BCUT2D eigenvalue weighted by molar-refractivity contribution is 6.18. The van der Waals surface area contributed by atoms with Crippen molar-refractivity contribution in [3.05, 3.63) is 0 Å². The van der Waals surface area contributed by atoms with Crippen LogP contribution in [0.25, 0.3) is 0 Å². The molecule has 1 saturated heterocycles. The van der Waals surface area contributed by atoms with Crippen LogP contribution < -0.4 is 0 Å². The number of rotatable bonds is 4. The molecule has 78 valence electrons. The van der Waals surface area contributed by atoms with E-state index in [2.05, 4.69) is 13.8 Å². The molecule has 1 aliphatic heterocycles. The molecule has 1 rings (SSSR count). The second kappa shape index (κ2) is 5.21.